The van der Waals surface area contributed by atoms with Crippen LogP contribution in [0.15, 0.2) is 71.7 Å². The minimum atomic E-state index is -0.0745. The topological polar surface area (TPSA) is 59.8 Å². The zero-order chi connectivity index (χ0) is 20.2. The SMILES string of the molecule is C=CCn1c(SCC(=O)Nc2ccc(C)cc2)nnc1-c1csc2ccccc12. The summed E-state index contributed by atoms with van der Waals surface area (Å²) < 4.78 is 3.22. The Morgan fingerprint density at radius 3 is 2.79 bits per heavy atom. The van der Waals surface area contributed by atoms with Crippen molar-refractivity contribution >= 4 is 44.8 Å². The Hall–Kier alpha value is -2.90. The molecule has 1 amide bonds. The molecule has 7 heteroatoms. The third kappa shape index (κ3) is 4.26. The molecule has 29 heavy (non-hydrogen) atoms. The molecule has 4 rings (SSSR count). The van der Waals surface area contributed by atoms with Crippen LogP contribution in [0.4, 0.5) is 5.69 Å². The van der Waals surface area contributed by atoms with E-state index in [1.807, 2.05) is 54.0 Å². The molecule has 0 atom stereocenters. The number of nitrogens with one attached hydrogen (secondary N) is 1. The van der Waals surface area contributed by atoms with Crippen molar-refractivity contribution in [2.24, 2.45) is 0 Å². The zero-order valence-corrected chi connectivity index (χ0v) is 17.6. The first-order valence-corrected chi connectivity index (χ1v) is 11.0. The molecule has 2 aromatic carbocycles. The summed E-state index contributed by atoms with van der Waals surface area (Å²) in [4.78, 5) is 12.3. The molecule has 0 aliphatic carbocycles. The lowest BCUT2D eigenvalue weighted by atomic mass is 10.1. The number of fused-ring (bicyclic) bond motifs is 1. The number of amides is 1. The van der Waals surface area contributed by atoms with Crippen LogP contribution in [0.5, 0.6) is 0 Å². The number of hydrogen-bond donors (Lipinski definition) is 1. The Kier molecular flexibility index (Phi) is 5.78. The molecule has 0 saturated heterocycles. The second-order valence-electron chi connectivity index (χ2n) is 6.55. The van der Waals surface area contributed by atoms with Gasteiger partial charge in [-0.2, -0.15) is 0 Å². The highest BCUT2D eigenvalue weighted by Gasteiger charge is 2.17. The van der Waals surface area contributed by atoms with Crippen molar-refractivity contribution in [1.82, 2.24) is 14.8 Å². The van der Waals surface area contributed by atoms with Crippen molar-refractivity contribution in [2.45, 2.75) is 18.6 Å². The van der Waals surface area contributed by atoms with E-state index >= 15 is 0 Å². The molecule has 0 saturated carbocycles. The zero-order valence-electron chi connectivity index (χ0n) is 16.0. The lowest BCUT2D eigenvalue weighted by Crippen LogP contribution is -2.14. The van der Waals surface area contributed by atoms with E-state index in [9.17, 15) is 4.79 Å². The Bertz CT molecular complexity index is 1160. The predicted molar refractivity (Wildman–Crippen MR) is 122 cm³/mol. The van der Waals surface area contributed by atoms with Gasteiger partial charge >= 0.3 is 0 Å². The van der Waals surface area contributed by atoms with Gasteiger partial charge in [0.15, 0.2) is 11.0 Å². The maximum atomic E-state index is 12.3. The molecule has 146 valence electrons. The summed E-state index contributed by atoms with van der Waals surface area (Å²) in [5.74, 6) is 0.978. The number of aryl methyl sites for hydroxylation is 1. The number of hydrogen-bond acceptors (Lipinski definition) is 5. The van der Waals surface area contributed by atoms with Gasteiger partial charge < -0.3 is 5.32 Å². The van der Waals surface area contributed by atoms with Crippen LogP contribution in [0, 0.1) is 6.92 Å². The van der Waals surface area contributed by atoms with Crippen LogP contribution in [-0.4, -0.2) is 26.4 Å². The van der Waals surface area contributed by atoms with E-state index in [2.05, 4.69) is 39.6 Å². The van der Waals surface area contributed by atoms with Gasteiger partial charge in [0, 0.05) is 33.3 Å². The molecule has 0 bridgehead atoms. The van der Waals surface area contributed by atoms with Gasteiger partial charge in [-0.25, -0.2) is 0 Å². The fourth-order valence-electron chi connectivity index (χ4n) is 3.00. The van der Waals surface area contributed by atoms with E-state index < -0.39 is 0 Å². The first-order valence-electron chi connectivity index (χ1n) is 9.15. The standard InChI is InChI=1S/C22H20N4OS2/c1-3-12-26-21(18-13-28-19-7-5-4-6-17(18)19)24-25-22(26)29-14-20(27)23-16-10-8-15(2)9-11-16/h3-11,13H,1,12,14H2,2H3,(H,23,27). The smallest absolute Gasteiger partial charge is 0.234 e. The van der Waals surface area contributed by atoms with E-state index in [1.54, 1.807) is 11.3 Å². The van der Waals surface area contributed by atoms with Crippen LogP contribution in [0.3, 0.4) is 0 Å². The van der Waals surface area contributed by atoms with Crippen molar-refractivity contribution in [2.75, 3.05) is 11.1 Å². The second kappa shape index (κ2) is 8.63. The fourth-order valence-corrected chi connectivity index (χ4v) is 4.69. The Morgan fingerprint density at radius 1 is 1.21 bits per heavy atom. The number of anilines is 1. The van der Waals surface area contributed by atoms with E-state index in [1.165, 1.54) is 16.5 Å². The number of nitrogens with zero attached hydrogens (tertiary/aromatic N) is 3. The Balaban J connectivity index is 1.53. The van der Waals surface area contributed by atoms with Crippen LogP contribution < -0.4 is 5.32 Å². The molecular weight excluding hydrogens is 400 g/mol. The van der Waals surface area contributed by atoms with Gasteiger partial charge in [-0.3, -0.25) is 9.36 Å². The highest BCUT2D eigenvalue weighted by Crippen LogP contribution is 2.34. The maximum Gasteiger partial charge on any atom is 0.234 e. The number of thiophene rings is 1. The molecule has 2 heterocycles. The van der Waals surface area contributed by atoms with Crippen LogP contribution in [-0.2, 0) is 11.3 Å². The summed E-state index contributed by atoms with van der Waals surface area (Å²) in [7, 11) is 0. The number of carbonyl (C=O) groups is 1. The van der Waals surface area contributed by atoms with Crippen LogP contribution in [0.1, 0.15) is 5.56 Å². The van der Waals surface area contributed by atoms with Crippen molar-refractivity contribution in [3.8, 4) is 11.4 Å². The summed E-state index contributed by atoms with van der Waals surface area (Å²) in [6.07, 6.45) is 1.82. The molecule has 0 radical (unpaired) electrons. The number of thioether (sulfide) groups is 1. The first kappa shape index (κ1) is 19.4. The van der Waals surface area contributed by atoms with Gasteiger partial charge in [-0.05, 0) is 25.1 Å². The summed E-state index contributed by atoms with van der Waals surface area (Å²) in [6, 6.07) is 16.0. The third-order valence-electron chi connectivity index (χ3n) is 4.42. The van der Waals surface area contributed by atoms with Gasteiger partial charge in [0.05, 0.1) is 5.75 Å². The molecule has 0 fully saturated rings. The molecule has 1 N–H and O–H groups in total. The highest BCUT2D eigenvalue weighted by molar-refractivity contribution is 7.99. The fraction of sp³-hybridized carbons (Fsp3) is 0.136. The average molecular weight is 421 g/mol. The van der Waals surface area contributed by atoms with Crippen LogP contribution in [0.25, 0.3) is 21.5 Å². The van der Waals surface area contributed by atoms with Gasteiger partial charge in [-0.15, -0.1) is 28.1 Å². The Labute approximate surface area is 177 Å². The Morgan fingerprint density at radius 2 is 2.00 bits per heavy atom. The summed E-state index contributed by atoms with van der Waals surface area (Å²) in [6.45, 7) is 6.45. The van der Waals surface area contributed by atoms with E-state index in [0.717, 1.165) is 28.0 Å². The number of rotatable bonds is 7. The molecule has 2 aromatic heterocycles. The summed E-state index contributed by atoms with van der Waals surface area (Å²) in [5.41, 5.74) is 3.00. The molecule has 4 aromatic rings. The quantitative estimate of drug-likeness (QED) is 0.322. The second-order valence-corrected chi connectivity index (χ2v) is 8.41. The van der Waals surface area contributed by atoms with Crippen LogP contribution >= 0.6 is 23.1 Å². The monoisotopic (exact) mass is 420 g/mol. The highest BCUT2D eigenvalue weighted by atomic mass is 32.2. The molecule has 0 aliphatic heterocycles. The largest absolute Gasteiger partial charge is 0.325 e. The van der Waals surface area contributed by atoms with E-state index in [-0.39, 0.29) is 11.7 Å². The molecule has 5 nitrogen and oxygen atoms in total. The van der Waals surface area contributed by atoms with Gasteiger partial charge in [0.25, 0.3) is 0 Å². The van der Waals surface area contributed by atoms with Crippen molar-refractivity contribution in [3.05, 3.63) is 72.1 Å². The molecular formula is C22H20N4OS2. The lowest BCUT2D eigenvalue weighted by molar-refractivity contribution is -0.113. The van der Waals surface area contributed by atoms with Gasteiger partial charge in [-0.1, -0.05) is 53.7 Å². The van der Waals surface area contributed by atoms with Crippen molar-refractivity contribution in [3.63, 3.8) is 0 Å². The normalized spacial score (nSPS) is 10.9. The molecule has 0 aliphatic rings. The summed E-state index contributed by atoms with van der Waals surface area (Å²) >= 11 is 3.06. The maximum absolute atomic E-state index is 12.3. The average Bonchev–Trinajstić information content (AvgIpc) is 3.32. The van der Waals surface area contributed by atoms with Crippen molar-refractivity contribution < 1.29 is 4.79 Å². The minimum Gasteiger partial charge on any atom is -0.325 e. The summed E-state index contributed by atoms with van der Waals surface area (Å²) in [5, 5.41) is 15.6. The third-order valence-corrected chi connectivity index (χ3v) is 6.35. The van der Waals surface area contributed by atoms with Gasteiger partial charge in [0.1, 0.15) is 0 Å². The number of benzene rings is 2. The number of carbonyl (C=O) groups excluding carboxylic acids is 1. The lowest BCUT2D eigenvalue weighted by Gasteiger charge is -2.08. The molecule has 0 unspecified atom stereocenters. The number of aromatic nitrogens is 3. The van der Waals surface area contributed by atoms with E-state index in [4.69, 9.17) is 0 Å². The number of allylic oxidation sites excluding steroid dienone is 1. The predicted octanol–water partition coefficient (Wildman–Crippen LogP) is 5.39. The minimum absolute atomic E-state index is 0.0745. The van der Waals surface area contributed by atoms with Crippen LogP contribution in [0.2, 0.25) is 0 Å². The van der Waals surface area contributed by atoms with Crippen molar-refractivity contribution in [1.29, 1.82) is 0 Å². The van der Waals surface area contributed by atoms with Gasteiger partial charge in [0.2, 0.25) is 5.91 Å². The first-order chi connectivity index (χ1) is 14.2. The molecule has 0 spiro atoms. The van der Waals surface area contributed by atoms with E-state index in [0.29, 0.717) is 11.7 Å².